The zero-order valence-corrected chi connectivity index (χ0v) is 14.2. The first-order chi connectivity index (χ1) is 11.3. The minimum absolute atomic E-state index is 0.130. The first kappa shape index (κ1) is 17.2. The zero-order chi connectivity index (χ0) is 17.3. The average molecular weight is 402 g/mol. The molecule has 2 heterocycles. The van der Waals surface area contributed by atoms with Gasteiger partial charge in [-0.15, -0.1) is 0 Å². The quantitative estimate of drug-likeness (QED) is 0.789. The number of rotatable bonds is 4. The number of halogens is 4. The predicted octanol–water partition coefficient (Wildman–Crippen LogP) is 3.16. The molecule has 24 heavy (non-hydrogen) atoms. The Morgan fingerprint density at radius 2 is 1.96 bits per heavy atom. The molecule has 8 heteroatoms. The fourth-order valence-corrected chi connectivity index (χ4v) is 3.24. The molecule has 1 aliphatic heterocycles. The molecule has 2 aromatic rings. The maximum absolute atomic E-state index is 12.7. The number of nitrogens with zero attached hydrogens (tertiary/aromatic N) is 3. The average Bonchev–Trinajstić information content (AvgIpc) is 2.46. The lowest BCUT2D eigenvalue weighted by atomic mass is 9.99. The van der Waals surface area contributed by atoms with Gasteiger partial charge in [-0.2, -0.15) is 18.3 Å². The second-order valence-electron chi connectivity index (χ2n) is 5.93. The highest BCUT2D eigenvalue weighted by Crippen LogP contribution is 2.27. The molecule has 1 aromatic heterocycles. The number of hydrogen-bond acceptors (Lipinski definition) is 3. The van der Waals surface area contributed by atoms with Crippen LogP contribution in [0.2, 0.25) is 0 Å². The lowest BCUT2D eigenvalue weighted by Crippen LogP contribution is -2.49. The molecule has 3 rings (SSSR count). The summed E-state index contributed by atoms with van der Waals surface area (Å²) in [5, 5.41) is 3.44. The van der Waals surface area contributed by atoms with Crippen molar-refractivity contribution in [3.63, 3.8) is 0 Å². The number of aromatic nitrogens is 2. The third-order valence-corrected chi connectivity index (χ3v) is 4.41. The van der Waals surface area contributed by atoms with E-state index in [0.717, 1.165) is 46.5 Å². The van der Waals surface area contributed by atoms with Crippen LogP contribution >= 0.6 is 15.9 Å². The number of likely N-dealkylation sites (tertiary alicyclic amines) is 1. The molecule has 0 radical (unpaired) electrons. The van der Waals surface area contributed by atoms with E-state index in [0.29, 0.717) is 0 Å². The Labute approximate surface area is 145 Å². The van der Waals surface area contributed by atoms with Gasteiger partial charge in [0.05, 0.1) is 6.54 Å². The van der Waals surface area contributed by atoms with Crippen LogP contribution in [0.4, 0.5) is 13.2 Å². The van der Waals surface area contributed by atoms with Gasteiger partial charge >= 0.3 is 6.18 Å². The zero-order valence-electron chi connectivity index (χ0n) is 12.6. The van der Waals surface area contributed by atoms with E-state index >= 15 is 0 Å². The van der Waals surface area contributed by atoms with Gasteiger partial charge < -0.3 is 0 Å². The molecule has 1 aliphatic rings. The predicted molar refractivity (Wildman–Crippen MR) is 86.4 cm³/mol. The summed E-state index contributed by atoms with van der Waals surface area (Å²) >= 11 is 3.42. The van der Waals surface area contributed by atoms with Gasteiger partial charge in [-0.05, 0) is 23.8 Å². The second-order valence-corrected chi connectivity index (χ2v) is 6.84. The van der Waals surface area contributed by atoms with Crippen LogP contribution in [-0.2, 0) is 19.3 Å². The Kier molecular flexibility index (Phi) is 4.78. The van der Waals surface area contributed by atoms with E-state index in [1.165, 1.54) is 0 Å². The molecular weight excluding hydrogens is 387 g/mol. The second kappa shape index (κ2) is 6.68. The van der Waals surface area contributed by atoms with Crippen molar-refractivity contribution < 1.29 is 13.2 Å². The standard InChI is InChI=1S/C16H15BrF3N3O/c17-13-3-1-2-11(6-13)7-22-8-12(9-22)10-23-15(24)5-4-14(21-23)16(18,19)20/h1-6,12H,7-10H2. The third-order valence-electron chi connectivity index (χ3n) is 3.92. The Bertz CT molecular complexity index is 785. The van der Waals surface area contributed by atoms with Crippen LogP contribution in [-0.4, -0.2) is 27.8 Å². The first-order valence-electron chi connectivity index (χ1n) is 7.43. The van der Waals surface area contributed by atoms with Crippen LogP contribution in [0.25, 0.3) is 0 Å². The molecule has 0 aliphatic carbocycles. The Balaban J connectivity index is 1.59. The molecule has 0 unspecified atom stereocenters. The molecule has 1 saturated heterocycles. The van der Waals surface area contributed by atoms with Crippen molar-refractivity contribution in [2.75, 3.05) is 13.1 Å². The van der Waals surface area contributed by atoms with Crippen molar-refractivity contribution in [3.05, 3.63) is 62.5 Å². The summed E-state index contributed by atoms with van der Waals surface area (Å²) in [6.45, 7) is 2.45. The topological polar surface area (TPSA) is 38.1 Å². The highest BCUT2D eigenvalue weighted by atomic mass is 79.9. The normalized spacial score (nSPS) is 16.2. The van der Waals surface area contributed by atoms with E-state index < -0.39 is 17.4 Å². The van der Waals surface area contributed by atoms with E-state index in [1.807, 2.05) is 24.3 Å². The van der Waals surface area contributed by atoms with Gasteiger partial charge in [-0.1, -0.05) is 28.1 Å². The van der Waals surface area contributed by atoms with Crippen LogP contribution < -0.4 is 5.56 Å². The fourth-order valence-electron chi connectivity index (χ4n) is 2.79. The van der Waals surface area contributed by atoms with E-state index in [9.17, 15) is 18.0 Å². The van der Waals surface area contributed by atoms with E-state index in [1.54, 1.807) is 0 Å². The van der Waals surface area contributed by atoms with Crippen molar-refractivity contribution in [1.29, 1.82) is 0 Å². The minimum atomic E-state index is -4.54. The molecule has 1 fully saturated rings. The summed E-state index contributed by atoms with van der Waals surface area (Å²) in [5.74, 6) is 0.130. The Morgan fingerprint density at radius 1 is 1.21 bits per heavy atom. The summed E-state index contributed by atoms with van der Waals surface area (Å²) in [6, 6.07) is 9.62. The third kappa shape index (κ3) is 4.05. The lowest BCUT2D eigenvalue weighted by molar-refractivity contribution is -0.142. The van der Waals surface area contributed by atoms with Crippen molar-refractivity contribution in [2.24, 2.45) is 5.92 Å². The van der Waals surface area contributed by atoms with Crippen LogP contribution in [0.5, 0.6) is 0 Å². The van der Waals surface area contributed by atoms with Gasteiger partial charge in [0.1, 0.15) is 0 Å². The van der Waals surface area contributed by atoms with Crippen molar-refractivity contribution in [2.45, 2.75) is 19.3 Å². The van der Waals surface area contributed by atoms with E-state index in [2.05, 4.69) is 25.9 Å². The largest absolute Gasteiger partial charge is 0.435 e. The van der Waals surface area contributed by atoms with Gasteiger partial charge in [0.25, 0.3) is 5.56 Å². The summed E-state index contributed by atoms with van der Waals surface area (Å²) in [7, 11) is 0. The molecule has 1 aromatic carbocycles. The van der Waals surface area contributed by atoms with Gasteiger partial charge in [0.2, 0.25) is 0 Å². The van der Waals surface area contributed by atoms with Crippen LogP contribution in [0, 0.1) is 5.92 Å². The minimum Gasteiger partial charge on any atom is -0.298 e. The van der Waals surface area contributed by atoms with E-state index in [4.69, 9.17) is 0 Å². The summed E-state index contributed by atoms with van der Waals surface area (Å²) < 4.78 is 40.0. The first-order valence-corrected chi connectivity index (χ1v) is 8.23. The number of hydrogen-bond donors (Lipinski definition) is 0. The fraction of sp³-hybridized carbons (Fsp3) is 0.375. The summed E-state index contributed by atoms with van der Waals surface area (Å²) in [6.07, 6.45) is -4.54. The molecule has 4 nitrogen and oxygen atoms in total. The lowest BCUT2D eigenvalue weighted by Gasteiger charge is -2.39. The van der Waals surface area contributed by atoms with Gasteiger partial charge in [-0.25, -0.2) is 4.68 Å². The van der Waals surface area contributed by atoms with Crippen molar-refractivity contribution in [3.8, 4) is 0 Å². The van der Waals surface area contributed by atoms with Gasteiger partial charge in [0, 0.05) is 36.1 Å². The maximum Gasteiger partial charge on any atom is 0.435 e. The molecule has 0 saturated carbocycles. The van der Waals surface area contributed by atoms with Crippen molar-refractivity contribution >= 4 is 15.9 Å². The van der Waals surface area contributed by atoms with Crippen LogP contribution in [0.3, 0.4) is 0 Å². The van der Waals surface area contributed by atoms with E-state index in [-0.39, 0.29) is 12.5 Å². The maximum atomic E-state index is 12.7. The molecule has 0 N–H and O–H groups in total. The number of benzene rings is 1. The van der Waals surface area contributed by atoms with Crippen LogP contribution in [0.15, 0.2) is 45.7 Å². The van der Waals surface area contributed by atoms with Gasteiger partial charge in [0.15, 0.2) is 5.69 Å². The highest BCUT2D eigenvalue weighted by Gasteiger charge is 2.34. The summed E-state index contributed by atoms with van der Waals surface area (Å²) in [5.41, 5.74) is -0.377. The Morgan fingerprint density at radius 3 is 2.62 bits per heavy atom. The molecule has 0 bridgehead atoms. The molecule has 0 amide bonds. The summed E-state index contributed by atoms with van der Waals surface area (Å²) in [4.78, 5) is 13.9. The smallest absolute Gasteiger partial charge is 0.298 e. The molecule has 0 atom stereocenters. The Hall–Kier alpha value is -1.67. The van der Waals surface area contributed by atoms with Gasteiger partial charge in [-0.3, -0.25) is 9.69 Å². The monoisotopic (exact) mass is 401 g/mol. The molecule has 0 spiro atoms. The SMILES string of the molecule is O=c1ccc(C(F)(F)F)nn1CC1CN(Cc2cccc(Br)c2)C1. The highest BCUT2D eigenvalue weighted by molar-refractivity contribution is 9.10. The van der Waals surface area contributed by atoms with Crippen molar-refractivity contribution in [1.82, 2.24) is 14.7 Å². The molecule has 128 valence electrons. The number of alkyl halides is 3. The molecular formula is C16H15BrF3N3O. The van der Waals surface area contributed by atoms with Crippen LogP contribution in [0.1, 0.15) is 11.3 Å².